The minimum Gasteiger partial charge on any atom is -0.497 e. The van der Waals surface area contributed by atoms with Gasteiger partial charge in [-0.05, 0) is 72.8 Å². The van der Waals surface area contributed by atoms with Gasteiger partial charge in [0.1, 0.15) is 17.2 Å². The molecule has 4 aromatic carbocycles. The molecule has 9 heteroatoms. The van der Waals surface area contributed by atoms with Crippen molar-refractivity contribution in [3.05, 3.63) is 125 Å². The number of methoxy groups -OCH3 is 4. The van der Waals surface area contributed by atoms with E-state index in [4.69, 9.17) is 18.9 Å². The van der Waals surface area contributed by atoms with E-state index in [1.54, 1.807) is 98.1 Å². The van der Waals surface area contributed by atoms with Gasteiger partial charge in [0, 0.05) is 34.0 Å². The lowest BCUT2D eigenvalue weighted by atomic mass is 10.1. The molecule has 2 N–H and O–H groups in total. The van der Waals surface area contributed by atoms with E-state index in [0.717, 1.165) is 0 Å². The summed E-state index contributed by atoms with van der Waals surface area (Å²) < 4.78 is 21.5. The molecule has 0 radical (unpaired) electrons. The van der Waals surface area contributed by atoms with E-state index in [1.807, 2.05) is 6.07 Å². The predicted octanol–water partition coefficient (Wildman–Crippen LogP) is 6.03. The second-order valence-electron chi connectivity index (χ2n) is 9.30. The summed E-state index contributed by atoms with van der Waals surface area (Å²) >= 11 is 0. The highest BCUT2D eigenvalue weighted by Gasteiger charge is 2.17. The number of carbonyl (C=O) groups is 3. The van der Waals surface area contributed by atoms with Crippen molar-refractivity contribution in [2.45, 2.75) is 0 Å². The van der Waals surface area contributed by atoms with Gasteiger partial charge in [-0.3, -0.25) is 14.4 Å². The van der Waals surface area contributed by atoms with Crippen molar-refractivity contribution in [3.63, 3.8) is 0 Å². The zero-order valence-electron chi connectivity index (χ0n) is 24.8. The fraction of sp³-hybridized carbons (Fsp3) is 0.114. The van der Waals surface area contributed by atoms with Crippen molar-refractivity contribution in [3.8, 4) is 23.0 Å². The van der Waals surface area contributed by atoms with Crippen LogP contribution in [0, 0.1) is 0 Å². The second kappa shape index (κ2) is 14.9. The van der Waals surface area contributed by atoms with Gasteiger partial charge < -0.3 is 29.6 Å². The summed E-state index contributed by atoms with van der Waals surface area (Å²) in [5, 5.41) is 5.49. The molecule has 0 aliphatic heterocycles. The van der Waals surface area contributed by atoms with Crippen LogP contribution in [0.15, 0.2) is 103 Å². The zero-order chi connectivity index (χ0) is 31.5. The average Bonchev–Trinajstić information content (AvgIpc) is 3.07. The molecule has 44 heavy (non-hydrogen) atoms. The summed E-state index contributed by atoms with van der Waals surface area (Å²) in [5.41, 5.74) is 2.44. The maximum atomic E-state index is 13.4. The highest BCUT2D eigenvalue weighted by molar-refractivity contribution is 6.11. The standard InChI is InChI=1S/C35H32N2O7/c1-41-28-19-15-26(32(22-28)43-3)21-29(37-34(39)25-9-6-5-7-10-25)35(40)36-27-17-13-23(14-18-27)30(38)20-16-24-11-8-12-31(42-2)33(24)44-4/h5-22H,1-4H3,(H,36,40)(H,37,39)/b20-16+,29-21-. The number of anilines is 1. The Labute approximate surface area is 255 Å². The second-order valence-corrected chi connectivity index (χ2v) is 9.30. The zero-order valence-corrected chi connectivity index (χ0v) is 24.8. The van der Waals surface area contributed by atoms with Crippen molar-refractivity contribution >= 4 is 35.4 Å². The summed E-state index contributed by atoms with van der Waals surface area (Å²) in [5.74, 6) is 0.830. The summed E-state index contributed by atoms with van der Waals surface area (Å²) in [6.07, 6.45) is 4.61. The van der Waals surface area contributed by atoms with Gasteiger partial charge in [0.15, 0.2) is 17.3 Å². The van der Waals surface area contributed by atoms with Gasteiger partial charge >= 0.3 is 0 Å². The number of hydrogen-bond donors (Lipinski definition) is 2. The number of allylic oxidation sites excluding steroid dienone is 1. The smallest absolute Gasteiger partial charge is 0.272 e. The maximum Gasteiger partial charge on any atom is 0.272 e. The van der Waals surface area contributed by atoms with Crippen molar-refractivity contribution in [2.24, 2.45) is 0 Å². The van der Waals surface area contributed by atoms with Crippen LogP contribution in [0.25, 0.3) is 12.2 Å². The number of ketones is 1. The first-order valence-electron chi connectivity index (χ1n) is 13.5. The van der Waals surface area contributed by atoms with E-state index >= 15 is 0 Å². The van der Waals surface area contributed by atoms with Gasteiger partial charge in [0.25, 0.3) is 11.8 Å². The van der Waals surface area contributed by atoms with Crippen LogP contribution >= 0.6 is 0 Å². The molecule has 0 saturated heterocycles. The van der Waals surface area contributed by atoms with Gasteiger partial charge in [-0.15, -0.1) is 0 Å². The Kier molecular flexibility index (Phi) is 10.5. The van der Waals surface area contributed by atoms with Crippen LogP contribution in [0.1, 0.15) is 31.8 Å². The van der Waals surface area contributed by atoms with Crippen molar-refractivity contribution in [1.82, 2.24) is 5.32 Å². The molecule has 0 saturated carbocycles. The van der Waals surface area contributed by atoms with Crippen LogP contribution < -0.4 is 29.6 Å². The van der Waals surface area contributed by atoms with Crippen LogP contribution in [-0.4, -0.2) is 46.0 Å². The highest BCUT2D eigenvalue weighted by atomic mass is 16.5. The van der Waals surface area contributed by atoms with Crippen LogP contribution in [-0.2, 0) is 4.79 Å². The molecule has 9 nitrogen and oxygen atoms in total. The Hall–Kier alpha value is -5.83. The first kappa shape index (κ1) is 31.1. The molecule has 0 heterocycles. The normalized spacial score (nSPS) is 11.0. The number of carbonyl (C=O) groups excluding carboxylic acids is 3. The van der Waals surface area contributed by atoms with Gasteiger partial charge in [-0.2, -0.15) is 0 Å². The summed E-state index contributed by atoms with van der Waals surface area (Å²) in [6.45, 7) is 0. The molecule has 0 aliphatic carbocycles. The summed E-state index contributed by atoms with van der Waals surface area (Å²) in [7, 11) is 6.11. The molecular weight excluding hydrogens is 560 g/mol. The molecule has 0 unspecified atom stereocenters. The van der Waals surface area contributed by atoms with Crippen molar-refractivity contribution in [2.75, 3.05) is 33.8 Å². The first-order chi connectivity index (χ1) is 21.4. The number of rotatable bonds is 12. The van der Waals surface area contributed by atoms with Gasteiger partial charge in [0.2, 0.25) is 0 Å². The van der Waals surface area contributed by atoms with E-state index < -0.39 is 11.8 Å². The monoisotopic (exact) mass is 592 g/mol. The maximum absolute atomic E-state index is 13.4. The van der Waals surface area contributed by atoms with Gasteiger partial charge in [0.05, 0.1) is 28.4 Å². The molecule has 0 aromatic heterocycles. The largest absolute Gasteiger partial charge is 0.497 e. The molecule has 0 fully saturated rings. The number of ether oxygens (including phenoxy) is 4. The quantitative estimate of drug-likeness (QED) is 0.153. The minimum atomic E-state index is -0.573. The molecule has 224 valence electrons. The Morgan fingerprint density at radius 2 is 1.39 bits per heavy atom. The number of nitrogens with one attached hydrogen (secondary N) is 2. The van der Waals surface area contributed by atoms with Crippen molar-refractivity contribution < 1.29 is 33.3 Å². The Morgan fingerprint density at radius 1 is 0.659 bits per heavy atom. The first-order valence-corrected chi connectivity index (χ1v) is 13.5. The third-order valence-electron chi connectivity index (χ3n) is 6.54. The summed E-state index contributed by atoms with van der Waals surface area (Å²) in [4.78, 5) is 39.3. The lowest BCUT2D eigenvalue weighted by Crippen LogP contribution is -2.30. The SMILES string of the molecule is COc1ccc(/C=C(\NC(=O)c2ccccc2)C(=O)Nc2ccc(C(=O)/C=C/c3cccc(OC)c3OC)cc2)c(OC)c1. The van der Waals surface area contributed by atoms with E-state index in [2.05, 4.69) is 10.6 Å². The van der Waals surface area contributed by atoms with Gasteiger partial charge in [-0.25, -0.2) is 0 Å². The molecular formula is C35H32N2O7. The number of para-hydroxylation sites is 1. The molecule has 0 spiro atoms. The molecule has 4 rings (SSSR count). The molecule has 0 bridgehead atoms. The fourth-order valence-electron chi connectivity index (χ4n) is 4.26. The van der Waals surface area contributed by atoms with E-state index in [-0.39, 0.29) is 11.5 Å². The van der Waals surface area contributed by atoms with Gasteiger partial charge in [-0.1, -0.05) is 30.3 Å². The predicted molar refractivity (Wildman–Crippen MR) is 169 cm³/mol. The third kappa shape index (κ3) is 7.71. The third-order valence-corrected chi connectivity index (χ3v) is 6.54. The molecule has 0 atom stereocenters. The van der Waals surface area contributed by atoms with Crippen LogP contribution in [0.5, 0.6) is 23.0 Å². The lowest BCUT2D eigenvalue weighted by molar-refractivity contribution is -0.113. The number of hydrogen-bond acceptors (Lipinski definition) is 7. The van der Waals surface area contributed by atoms with E-state index in [9.17, 15) is 14.4 Å². The number of amides is 2. The molecule has 2 amide bonds. The molecule has 0 aliphatic rings. The van der Waals surface area contributed by atoms with E-state index in [1.165, 1.54) is 33.5 Å². The Balaban J connectivity index is 1.54. The lowest BCUT2D eigenvalue weighted by Gasteiger charge is -2.13. The van der Waals surface area contributed by atoms with E-state index in [0.29, 0.717) is 50.9 Å². The average molecular weight is 593 g/mol. The highest BCUT2D eigenvalue weighted by Crippen LogP contribution is 2.31. The van der Waals surface area contributed by atoms with Crippen LogP contribution in [0.2, 0.25) is 0 Å². The summed E-state index contributed by atoms with van der Waals surface area (Å²) in [6, 6.07) is 25.5. The fourth-order valence-corrected chi connectivity index (χ4v) is 4.26. The topological polar surface area (TPSA) is 112 Å². The van der Waals surface area contributed by atoms with Crippen LogP contribution in [0.4, 0.5) is 5.69 Å². The Bertz CT molecular complexity index is 1690. The Morgan fingerprint density at radius 3 is 2.05 bits per heavy atom. The molecule has 4 aromatic rings. The van der Waals surface area contributed by atoms with Crippen molar-refractivity contribution in [1.29, 1.82) is 0 Å². The minimum absolute atomic E-state index is 0.0161. The number of benzene rings is 4. The van der Waals surface area contributed by atoms with Crippen LogP contribution in [0.3, 0.4) is 0 Å².